The Morgan fingerprint density at radius 2 is 1.78 bits per heavy atom. The summed E-state index contributed by atoms with van der Waals surface area (Å²) in [4.78, 5) is 20.8. The predicted molar refractivity (Wildman–Crippen MR) is 182 cm³/mol. The summed E-state index contributed by atoms with van der Waals surface area (Å²) < 4.78 is 64.8. The number of benzene rings is 2. The van der Waals surface area contributed by atoms with E-state index in [2.05, 4.69) is 10.3 Å². The van der Waals surface area contributed by atoms with E-state index in [0.29, 0.717) is 50.3 Å². The second kappa shape index (κ2) is 15.1. The van der Waals surface area contributed by atoms with E-state index in [-0.39, 0.29) is 53.5 Å². The molecule has 2 fully saturated rings. The Kier molecular flexibility index (Phi) is 10.9. The van der Waals surface area contributed by atoms with Crippen LogP contribution in [0, 0.1) is 18.6 Å². The van der Waals surface area contributed by atoms with Gasteiger partial charge in [-0.25, -0.2) is 22.2 Å². The van der Waals surface area contributed by atoms with Crippen molar-refractivity contribution in [3.8, 4) is 11.6 Å². The molecule has 0 unspecified atom stereocenters. The molecule has 0 spiro atoms. The lowest BCUT2D eigenvalue weighted by molar-refractivity contribution is -0.128. The zero-order valence-electron chi connectivity index (χ0n) is 27.3. The van der Waals surface area contributed by atoms with Gasteiger partial charge in [0, 0.05) is 49.0 Å². The van der Waals surface area contributed by atoms with Gasteiger partial charge in [0.2, 0.25) is 5.88 Å². The minimum absolute atomic E-state index is 0.0135. The smallest absolute Gasteiger partial charge is 0.252 e. The molecule has 1 aromatic heterocycles. The fourth-order valence-corrected chi connectivity index (χ4v) is 8.51. The van der Waals surface area contributed by atoms with Gasteiger partial charge in [-0.05, 0) is 79.5 Å². The fraction of sp³-hybridized carbons (Fsp3) is 0.444. The summed E-state index contributed by atoms with van der Waals surface area (Å²) in [6, 6.07) is 10.8. The van der Waals surface area contributed by atoms with Gasteiger partial charge in [-0.15, -0.1) is 0 Å². The van der Waals surface area contributed by atoms with Crippen molar-refractivity contribution in [2.24, 2.45) is 0 Å². The zero-order chi connectivity index (χ0) is 34.7. The van der Waals surface area contributed by atoms with Crippen molar-refractivity contribution in [3.63, 3.8) is 0 Å². The number of aliphatic hydroxyl groups is 1. The van der Waals surface area contributed by atoms with Crippen LogP contribution in [0.3, 0.4) is 0 Å². The SMILES string of the molecule is Cc1c(CN(C(=O)C2=C(c3ccc(CCCOc4c(F)ccc(F)c4Cl)cc3)C[C@@H]3CS(=O)(=O)C[C@H]2N3)C2CC2)ccnc1OCCCO. The van der Waals surface area contributed by atoms with Crippen LogP contribution in [0.15, 0.2) is 54.2 Å². The minimum atomic E-state index is -3.35. The van der Waals surface area contributed by atoms with E-state index in [4.69, 9.17) is 26.2 Å². The van der Waals surface area contributed by atoms with Gasteiger partial charge in [-0.1, -0.05) is 35.9 Å². The molecule has 3 aliphatic rings. The molecule has 1 aliphatic carbocycles. The number of hydrogen-bond acceptors (Lipinski definition) is 8. The number of rotatable bonds is 14. The van der Waals surface area contributed by atoms with Gasteiger partial charge in [0.05, 0.1) is 30.8 Å². The highest BCUT2D eigenvalue weighted by Crippen LogP contribution is 2.38. The van der Waals surface area contributed by atoms with Gasteiger partial charge in [0.15, 0.2) is 21.4 Å². The van der Waals surface area contributed by atoms with E-state index < -0.39 is 27.5 Å². The summed E-state index contributed by atoms with van der Waals surface area (Å²) in [5.74, 6) is -1.60. The lowest BCUT2D eigenvalue weighted by Gasteiger charge is -2.40. The topological polar surface area (TPSA) is 118 Å². The number of fused-ring (bicyclic) bond motifs is 2. The van der Waals surface area contributed by atoms with Gasteiger partial charge in [0.1, 0.15) is 10.8 Å². The number of amides is 1. The van der Waals surface area contributed by atoms with Crippen molar-refractivity contribution in [2.45, 2.75) is 70.1 Å². The van der Waals surface area contributed by atoms with Crippen molar-refractivity contribution < 1.29 is 36.6 Å². The Bertz CT molecular complexity index is 1830. The Balaban J connectivity index is 1.23. The van der Waals surface area contributed by atoms with Crippen LogP contribution in [0.1, 0.15) is 54.4 Å². The highest BCUT2D eigenvalue weighted by Gasteiger charge is 2.44. The number of hydrogen-bond donors (Lipinski definition) is 2. The fourth-order valence-electron chi connectivity index (χ4n) is 6.57. The first-order chi connectivity index (χ1) is 23.5. The van der Waals surface area contributed by atoms with Crippen LogP contribution in [-0.2, 0) is 27.6 Å². The minimum Gasteiger partial charge on any atom is -0.489 e. The van der Waals surface area contributed by atoms with Crippen LogP contribution in [0.2, 0.25) is 5.02 Å². The first kappa shape index (κ1) is 35.3. The zero-order valence-corrected chi connectivity index (χ0v) is 28.8. The van der Waals surface area contributed by atoms with Gasteiger partial charge in [0.25, 0.3) is 5.91 Å². The van der Waals surface area contributed by atoms with Crippen molar-refractivity contribution in [1.29, 1.82) is 0 Å². The van der Waals surface area contributed by atoms with Crippen molar-refractivity contribution >= 4 is 32.9 Å². The van der Waals surface area contributed by atoms with E-state index in [0.717, 1.165) is 52.8 Å². The molecule has 3 aromatic rings. The summed E-state index contributed by atoms with van der Waals surface area (Å²) >= 11 is 5.86. The summed E-state index contributed by atoms with van der Waals surface area (Å²) in [5.41, 5.74) is 4.92. The number of aliphatic hydroxyl groups excluding tert-OH is 1. The molecule has 0 radical (unpaired) electrons. The van der Waals surface area contributed by atoms with E-state index >= 15 is 0 Å². The second-order valence-electron chi connectivity index (χ2n) is 12.9. The van der Waals surface area contributed by atoms with Crippen LogP contribution in [-0.4, -0.2) is 78.8 Å². The third-order valence-corrected chi connectivity index (χ3v) is 11.3. The molecule has 2 atom stereocenters. The lowest BCUT2D eigenvalue weighted by Crippen LogP contribution is -2.57. The summed E-state index contributed by atoms with van der Waals surface area (Å²) in [7, 11) is -3.35. The molecule has 262 valence electrons. The van der Waals surface area contributed by atoms with Crippen LogP contribution in [0.25, 0.3) is 5.57 Å². The van der Waals surface area contributed by atoms with Crippen molar-refractivity contribution in [1.82, 2.24) is 15.2 Å². The monoisotopic (exact) mass is 715 g/mol. The third kappa shape index (κ3) is 8.25. The molecule has 49 heavy (non-hydrogen) atoms. The largest absolute Gasteiger partial charge is 0.489 e. The van der Waals surface area contributed by atoms with Gasteiger partial charge in [-0.2, -0.15) is 0 Å². The van der Waals surface area contributed by atoms with Crippen LogP contribution in [0.4, 0.5) is 8.78 Å². The normalized spacial score (nSPS) is 19.9. The molecule has 6 rings (SSSR count). The molecule has 1 amide bonds. The van der Waals surface area contributed by atoms with Crippen LogP contribution >= 0.6 is 11.6 Å². The van der Waals surface area contributed by atoms with Crippen molar-refractivity contribution in [3.05, 3.63) is 93.1 Å². The predicted octanol–water partition coefficient (Wildman–Crippen LogP) is 5.20. The Morgan fingerprint density at radius 3 is 2.51 bits per heavy atom. The number of carbonyl (C=O) groups is 1. The summed E-state index contributed by atoms with van der Waals surface area (Å²) in [6.07, 6.45) is 5.41. The molecule has 1 saturated carbocycles. The number of carbonyl (C=O) groups excluding carboxylic acids is 1. The van der Waals surface area contributed by atoms with Gasteiger partial charge >= 0.3 is 0 Å². The number of sulfone groups is 1. The number of nitrogens with one attached hydrogen (secondary N) is 1. The average molecular weight is 716 g/mol. The van der Waals surface area contributed by atoms with Gasteiger partial charge < -0.3 is 24.8 Å². The number of nitrogens with zero attached hydrogens (tertiary/aromatic N) is 2. The Hall–Kier alpha value is -3.58. The molecule has 3 heterocycles. The number of halogens is 3. The van der Waals surface area contributed by atoms with Gasteiger partial charge in [-0.3, -0.25) is 4.79 Å². The van der Waals surface area contributed by atoms with Crippen LogP contribution in [0.5, 0.6) is 11.6 Å². The molecule has 13 heteroatoms. The maximum absolute atomic E-state index is 14.6. The first-order valence-corrected chi connectivity index (χ1v) is 18.8. The lowest BCUT2D eigenvalue weighted by atomic mass is 9.85. The Morgan fingerprint density at radius 1 is 1.04 bits per heavy atom. The van der Waals surface area contributed by atoms with Crippen LogP contribution < -0.4 is 14.8 Å². The molecule has 2 bridgehead atoms. The van der Waals surface area contributed by atoms with Crippen molar-refractivity contribution in [2.75, 3.05) is 31.3 Å². The molecule has 2 aliphatic heterocycles. The molecule has 9 nitrogen and oxygen atoms in total. The maximum Gasteiger partial charge on any atom is 0.252 e. The van der Waals surface area contributed by atoms with E-state index in [9.17, 15) is 22.0 Å². The maximum atomic E-state index is 14.6. The molecule has 2 N–H and O–H groups in total. The summed E-state index contributed by atoms with van der Waals surface area (Å²) in [5, 5.41) is 12.2. The molecule has 1 saturated heterocycles. The standard InChI is InChI=1S/C36H40ClF2N3O6S/c1-22-25(13-14-40-35(22)48-17-3-15-43)19-42(27-9-10-27)36(44)32-28(18-26-20-49(45,46)21-31(32)41-26)24-7-5-23(6-8-24)4-2-16-47-34-30(39)12-11-29(38)33(34)37/h5-8,11-14,26-27,31,41,43H,2-4,9-10,15-21H2,1H3/t26-,31-/m1/s1. The van der Waals surface area contributed by atoms with E-state index in [1.807, 2.05) is 42.2 Å². The third-order valence-electron chi connectivity index (χ3n) is 9.23. The molecule has 2 aromatic carbocycles. The quantitative estimate of drug-likeness (QED) is 0.173. The van der Waals surface area contributed by atoms with E-state index in [1.54, 1.807) is 6.20 Å². The first-order valence-electron chi connectivity index (χ1n) is 16.6. The van der Waals surface area contributed by atoms with E-state index in [1.165, 1.54) is 0 Å². The number of ether oxygens (including phenoxy) is 2. The number of aromatic nitrogens is 1. The highest BCUT2D eigenvalue weighted by atomic mass is 35.5. The molecular weight excluding hydrogens is 676 g/mol. The average Bonchev–Trinajstić information content (AvgIpc) is 3.91. The summed E-state index contributed by atoms with van der Waals surface area (Å²) in [6.45, 7) is 2.72. The Labute approximate surface area is 290 Å². The number of pyridine rings is 1. The number of aryl methyl sites for hydroxylation is 1. The highest BCUT2D eigenvalue weighted by molar-refractivity contribution is 7.91. The molecular formula is C36H40ClF2N3O6S. The second-order valence-corrected chi connectivity index (χ2v) is 15.4.